The molecule has 0 radical (unpaired) electrons. The van der Waals surface area contributed by atoms with Gasteiger partial charge in [-0.1, -0.05) is 0 Å². The van der Waals surface area contributed by atoms with Gasteiger partial charge in [0, 0.05) is 12.1 Å². The summed E-state index contributed by atoms with van der Waals surface area (Å²) in [4.78, 5) is 17.3. The van der Waals surface area contributed by atoms with Crippen molar-refractivity contribution in [2.24, 2.45) is 0 Å². The van der Waals surface area contributed by atoms with Gasteiger partial charge in [0.25, 0.3) is 0 Å². The third-order valence-electron chi connectivity index (χ3n) is 3.31. The monoisotopic (exact) mass is 443 g/mol. The van der Waals surface area contributed by atoms with Crippen LogP contribution in [0.2, 0.25) is 0 Å². The summed E-state index contributed by atoms with van der Waals surface area (Å²) < 4.78 is 48.0. The van der Waals surface area contributed by atoms with Crippen LogP contribution in [0.3, 0.4) is 0 Å². The van der Waals surface area contributed by atoms with Crippen molar-refractivity contribution in [3.8, 4) is 11.8 Å². The van der Waals surface area contributed by atoms with Crippen LogP contribution in [0.4, 0.5) is 0 Å². The zero-order chi connectivity index (χ0) is 21.4. The van der Waals surface area contributed by atoms with Crippen molar-refractivity contribution < 1.29 is 47.1 Å². The molecule has 0 unspecified atom stereocenters. The second-order valence-electron chi connectivity index (χ2n) is 5.24. The van der Waals surface area contributed by atoms with Crippen LogP contribution in [0.15, 0.2) is 12.1 Å². The number of carbonyl (C=O) groups is 1. The van der Waals surface area contributed by atoms with Crippen LogP contribution in [0.1, 0.15) is 34.1 Å². The van der Waals surface area contributed by atoms with Gasteiger partial charge in [0.05, 0.1) is 32.8 Å². The summed E-state index contributed by atoms with van der Waals surface area (Å²) in [5, 5.41) is 17.6. The van der Waals surface area contributed by atoms with E-state index in [1.54, 1.807) is 27.7 Å². The third kappa shape index (κ3) is 6.07. The second-order valence-corrected chi connectivity index (χ2v) is 10.1. The van der Waals surface area contributed by atoms with Gasteiger partial charge in [0.2, 0.25) is 11.8 Å². The highest BCUT2D eigenvalue weighted by atomic mass is 31.2. The van der Waals surface area contributed by atoms with Crippen molar-refractivity contribution in [2.45, 2.75) is 39.5 Å². The van der Waals surface area contributed by atoms with Gasteiger partial charge >= 0.3 is 21.2 Å². The summed E-state index contributed by atoms with van der Waals surface area (Å²) in [5.41, 5.74) is 0. The molecule has 11 nitrogen and oxygen atoms in total. The predicted octanol–water partition coefficient (Wildman–Crippen LogP) is 3.10. The largest absolute Gasteiger partial charge is 0.492 e. The maximum Gasteiger partial charge on any atom is 0.346 e. The molecule has 0 aliphatic heterocycles. The molecule has 2 N–H and O–H groups in total. The first-order chi connectivity index (χ1) is 13.2. The maximum atomic E-state index is 13.3. The van der Waals surface area contributed by atoms with E-state index in [4.69, 9.17) is 22.9 Å². The Morgan fingerprint density at radius 3 is 1.57 bits per heavy atom. The Labute approximate surface area is 163 Å². The molecule has 0 saturated heterocycles. The van der Waals surface area contributed by atoms with Crippen LogP contribution in [-0.2, 0) is 32.0 Å². The molecule has 0 fully saturated rings. The minimum Gasteiger partial charge on any atom is -0.492 e. The van der Waals surface area contributed by atoms with E-state index in [0.717, 1.165) is 12.1 Å². The van der Waals surface area contributed by atoms with Crippen LogP contribution in [0.5, 0.6) is 11.8 Å². The highest BCUT2D eigenvalue weighted by Crippen LogP contribution is 2.71. The molecule has 0 aliphatic rings. The van der Waals surface area contributed by atoms with Crippen molar-refractivity contribution in [1.82, 2.24) is 4.73 Å². The molecule has 0 aromatic carbocycles. The lowest BCUT2D eigenvalue weighted by molar-refractivity contribution is -0.145. The van der Waals surface area contributed by atoms with E-state index in [-0.39, 0.29) is 26.4 Å². The molecule has 0 bridgehead atoms. The van der Waals surface area contributed by atoms with Crippen LogP contribution < -0.4 is 4.84 Å². The van der Waals surface area contributed by atoms with E-state index in [1.165, 1.54) is 0 Å². The third-order valence-corrected chi connectivity index (χ3v) is 9.30. The van der Waals surface area contributed by atoms with Crippen molar-refractivity contribution in [2.75, 3.05) is 26.4 Å². The van der Waals surface area contributed by atoms with Crippen molar-refractivity contribution in [3.63, 3.8) is 0 Å². The average molecular weight is 443 g/mol. The number of aromatic hydroxyl groups is 2. The lowest BCUT2D eigenvalue weighted by atomic mass is 10.5. The minimum atomic E-state index is -4.13. The van der Waals surface area contributed by atoms with Gasteiger partial charge < -0.3 is 33.1 Å². The number of rotatable bonds is 13. The number of carbonyl (C=O) groups excluding carboxylic acids is 1. The van der Waals surface area contributed by atoms with Crippen molar-refractivity contribution in [1.29, 1.82) is 0 Å². The predicted molar refractivity (Wildman–Crippen MR) is 99.5 cm³/mol. The van der Waals surface area contributed by atoms with Gasteiger partial charge in [-0.3, -0.25) is 9.13 Å². The molecule has 13 heteroatoms. The van der Waals surface area contributed by atoms with Crippen molar-refractivity contribution >= 4 is 21.2 Å². The normalized spacial score (nSPS) is 12.5. The molecule has 28 heavy (non-hydrogen) atoms. The summed E-state index contributed by atoms with van der Waals surface area (Å²) in [6.07, 6.45) is -0.744. The fraction of sp³-hybridized carbons (Fsp3) is 0.667. The molecule has 1 aromatic heterocycles. The van der Waals surface area contributed by atoms with Crippen LogP contribution in [0, 0.1) is 0 Å². The summed E-state index contributed by atoms with van der Waals surface area (Å²) in [5.74, 6) is -2.16. The summed E-state index contributed by atoms with van der Waals surface area (Å²) in [7, 11) is -8.25. The Bertz CT molecular complexity index is 665. The number of aromatic nitrogens is 1. The van der Waals surface area contributed by atoms with E-state index < -0.39 is 44.7 Å². The topological polar surface area (TPSA) is 143 Å². The molecule has 0 spiro atoms. The first-order valence-electron chi connectivity index (χ1n) is 8.75. The molecule has 0 aliphatic carbocycles. The molecular formula is C15H27NO10P2. The number of hydrogen-bond donors (Lipinski definition) is 2. The lowest BCUT2D eigenvalue weighted by Crippen LogP contribution is -2.26. The summed E-state index contributed by atoms with van der Waals surface area (Å²) in [6.45, 7) is 6.07. The summed E-state index contributed by atoms with van der Waals surface area (Å²) in [6, 6.07) is 2.19. The van der Waals surface area contributed by atoms with Crippen LogP contribution in [0.25, 0.3) is 0 Å². The van der Waals surface area contributed by atoms with Crippen LogP contribution in [-0.4, -0.2) is 52.7 Å². The van der Waals surface area contributed by atoms with Gasteiger partial charge in [-0.05, 0) is 27.7 Å². The van der Waals surface area contributed by atoms with E-state index in [0.29, 0.717) is 4.73 Å². The molecule has 0 saturated carbocycles. The molecule has 1 heterocycles. The quantitative estimate of drug-likeness (QED) is 0.437. The molecular weight excluding hydrogens is 416 g/mol. The van der Waals surface area contributed by atoms with E-state index in [2.05, 4.69) is 0 Å². The lowest BCUT2D eigenvalue weighted by Gasteiger charge is -2.30. The molecule has 1 aromatic rings. The Kier molecular flexibility index (Phi) is 9.69. The molecule has 0 atom stereocenters. The standard InChI is InChI=1S/C15H27NO10P2/c1-5-22-27(20,23-6-2)15(28(21,24-7-3)25-8-4)11-14(19)26-16-12(17)9-10-13(16)18/h9-10,15,17-18H,5-8,11H2,1-4H3. The number of nitrogens with zero attached hydrogens (tertiary/aromatic N) is 1. The molecule has 1 rings (SSSR count). The number of hydrogen-bond acceptors (Lipinski definition) is 10. The highest BCUT2D eigenvalue weighted by molar-refractivity contribution is 7.72. The fourth-order valence-electron chi connectivity index (χ4n) is 2.32. The molecule has 162 valence electrons. The van der Waals surface area contributed by atoms with E-state index in [9.17, 15) is 24.1 Å². The Hall–Kier alpha value is -1.35. The zero-order valence-corrected chi connectivity index (χ0v) is 18.1. The van der Waals surface area contributed by atoms with E-state index >= 15 is 0 Å². The summed E-state index contributed by atoms with van der Waals surface area (Å²) >= 11 is 0. The van der Waals surface area contributed by atoms with Gasteiger partial charge in [-0.15, -0.1) is 4.73 Å². The Morgan fingerprint density at radius 1 is 0.893 bits per heavy atom. The first-order valence-corrected chi connectivity index (χ1v) is 12.0. The van der Waals surface area contributed by atoms with Gasteiger partial charge in [0.1, 0.15) is 0 Å². The Morgan fingerprint density at radius 2 is 1.25 bits per heavy atom. The first kappa shape index (κ1) is 24.7. The van der Waals surface area contributed by atoms with Crippen LogP contribution >= 0.6 is 15.2 Å². The SMILES string of the molecule is CCOP(=O)(OCC)C(CC(=O)On1c(O)ccc1O)P(=O)(OCC)OCC. The smallest absolute Gasteiger partial charge is 0.346 e. The maximum absolute atomic E-state index is 13.3. The molecule has 0 amide bonds. The van der Waals surface area contributed by atoms with Crippen molar-refractivity contribution in [3.05, 3.63) is 12.1 Å². The Balaban J connectivity index is 3.27. The van der Waals surface area contributed by atoms with Gasteiger partial charge in [-0.25, -0.2) is 4.79 Å². The van der Waals surface area contributed by atoms with E-state index in [1.807, 2.05) is 0 Å². The second kappa shape index (κ2) is 11.0. The van der Waals surface area contributed by atoms with Gasteiger partial charge in [0.15, 0.2) is 5.40 Å². The fourth-order valence-corrected chi connectivity index (χ4v) is 7.53. The van der Waals surface area contributed by atoms with Gasteiger partial charge in [-0.2, -0.15) is 0 Å². The highest BCUT2D eigenvalue weighted by Gasteiger charge is 2.52. The average Bonchev–Trinajstić information content (AvgIpc) is 2.92. The zero-order valence-electron chi connectivity index (χ0n) is 16.3. The minimum absolute atomic E-state index is 0.0414.